The number of piperidine rings is 1. The van der Waals surface area contributed by atoms with Crippen LogP contribution in [0, 0.1) is 5.92 Å². The molecule has 3 nitrogen and oxygen atoms in total. The Bertz CT molecular complexity index is 459. The highest BCUT2D eigenvalue weighted by Gasteiger charge is 2.49. The molecule has 3 unspecified atom stereocenters. The van der Waals surface area contributed by atoms with Crippen molar-refractivity contribution in [3.63, 3.8) is 0 Å². The van der Waals surface area contributed by atoms with Crippen molar-refractivity contribution in [2.45, 2.75) is 37.2 Å². The predicted molar refractivity (Wildman–Crippen MR) is 80.1 cm³/mol. The van der Waals surface area contributed by atoms with Gasteiger partial charge in [-0.2, -0.15) is 0 Å². The van der Waals surface area contributed by atoms with Crippen LogP contribution in [-0.2, 0) is 0 Å². The number of methoxy groups -OCH3 is 1. The number of hydrogen-bond acceptors (Lipinski definition) is 3. The van der Waals surface area contributed by atoms with E-state index in [-0.39, 0.29) is 5.92 Å². The lowest BCUT2D eigenvalue weighted by Gasteiger charge is -2.51. The predicted octanol–water partition coefficient (Wildman–Crippen LogP) is 2.65. The Kier molecular flexibility index (Phi) is 3.74. The van der Waals surface area contributed by atoms with Crippen LogP contribution in [0.3, 0.4) is 0 Å². The molecule has 1 saturated heterocycles. The fourth-order valence-electron chi connectivity index (χ4n) is 4.11. The molecule has 0 bridgehead atoms. The van der Waals surface area contributed by atoms with E-state index in [1.165, 1.54) is 12.0 Å². The maximum Gasteiger partial charge on any atom is 0.118 e. The molecule has 3 rings (SSSR count). The van der Waals surface area contributed by atoms with Gasteiger partial charge < -0.3 is 14.7 Å². The van der Waals surface area contributed by atoms with E-state index in [0.717, 1.165) is 38.1 Å². The topological polar surface area (TPSA) is 32.7 Å². The fraction of sp³-hybridized carbons (Fsp3) is 0.647. The van der Waals surface area contributed by atoms with E-state index in [9.17, 15) is 5.11 Å². The molecule has 1 saturated carbocycles. The summed E-state index contributed by atoms with van der Waals surface area (Å²) in [6.07, 6.45) is 4.52. The van der Waals surface area contributed by atoms with Gasteiger partial charge in [-0.25, -0.2) is 0 Å². The minimum absolute atomic E-state index is 0.220. The van der Waals surface area contributed by atoms with Crippen molar-refractivity contribution in [1.29, 1.82) is 0 Å². The van der Waals surface area contributed by atoms with E-state index < -0.39 is 5.60 Å². The van der Waals surface area contributed by atoms with Crippen molar-refractivity contribution >= 4 is 0 Å². The Morgan fingerprint density at radius 1 is 1.20 bits per heavy atom. The minimum Gasteiger partial charge on any atom is -0.497 e. The first-order valence-electron chi connectivity index (χ1n) is 7.68. The SMILES string of the molecule is COc1ccc(C2CN(C)CC3CCCCC32O)cc1. The van der Waals surface area contributed by atoms with Crippen molar-refractivity contribution in [2.75, 3.05) is 27.2 Å². The molecule has 1 aliphatic carbocycles. The van der Waals surface area contributed by atoms with Crippen LogP contribution in [0.4, 0.5) is 0 Å². The van der Waals surface area contributed by atoms with E-state index >= 15 is 0 Å². The highest BCUT2D eigenvalue weighted by atomic mass is 16.5. The van der Waals surface area contributed by atoms with Crippen LogP contribution in [-0.4, -0.2) is 42.9 Å². The summed E-state index contributed by atoms with van der Waals surface area (Å²) in [5.41, 5.74) is 0.728. The average Bonchev–Trinajstić information content (AvgIpc) is 2.47. The number of likely N-dealkylation sites (tertiary alicyclic amines) is 1. The summed E-state index contributed by atoms with van der Waals surface area (Å²) in [6.45, 7) is 1.97. The standard InChI is InChI=1S/C17H25NO2/c1-18-11-14-5-3-4-10-17(14,19)16(12-18)13-6-8-15(20-2)9-7-13/h6-9,14,16,19H,3-5,10-12H2,1-2H3. The van der Waals surface area contributed by atoms with Gasteiger partial charge in [0.1, 0.15) is 5.75 Å². The molecular formula is C17H25NO2. The molecule has 2 fully saturated rings. The molecule has 0 amide bonds. The van der Waals surface area contributed by atoms with Gasteiger partial charge in [-0.05, 0) is 37.6 Å². The molecule has 1 aromatic carbocycles. The molecule has 0 radical (unpaired) electrons. The van der Waals surface area contributed by atoms with Crippen molar-refractivity contribution in [2.24, 2.45) is 5.92 Å². The van der Waals surface area contributed by atoms with Crippen molar-refractivity contribution in [3.05, 3.63) is 29.8 Å². The summed E-state index contributed by atoms with van der Waals surface area (Å²) >= 11 is 0. The van der Waals surface area contributed by atoms with Crippen LogP contribution in [0.1, 0.15) is 37.2 Å². The summed E-state index contributed by atoms with van der Waals surface area (Å²) in [6, 6.07) is 8.24. The van der Waals surface area contributed by atoms with E-state index in [1.807, 2.05) is 12.1 Å². The third kappa shape index (κ3) is 2.33. The van der Waals surface area contributed by atoms with Gasteiger partial charge in [0.05, 0.1) is 12.7 Å². The van der Waals surface area contributed by atoms with E-state index in [1.54, 1.807) is 7.11 Å². The molecule has 1 aromatic rings. The number of aliphatic hydroxyl groups is 1. The third-order valence-electron chi connectivity index (χ3n) is 5.23. The van der Waals surface area contributed by atoms with E-state index in [2.05, 4.69) is 24.1 Å². The summed E-state index contributed by atoms with van der Waals surface area (Å²) in [4.78, 5) is 2.37. The van der Waals surface area contributed by atoms with Gasteiger partial charge >= 0.3 is 0 Å². The van der Waals surface area contributed by atoms with Crippen molar-refractivity contribution in [3.8, 4) is 5.75 Å². The molecule has 2 aliphatic rings. The van der Waals surface area contributed by atoms with Crippen molar-refractivity contribution < 1.29 is 9.84 Å². The highest BCUT2D eigenvalue weighted by Crippen LogP contribution is 2.47. The molecular weight excluding hydrogens is 250 g/mol. The Labute approximate surface area is 121 Å². The van der Waals surface area contributed by atoms with Crippen LogP contribution in [0.15, 0.2) is 24.3 Å². The molecule has 1 N–H and O–H groups in total. The first-order chi connectivity index (χ1) is 9.63. The molecule has 0 aromatic heterocycles. The zero-order valence-electron chi connectivity index (χ0n) is 12.5. The lowest BCUT2D eigenvalue weighted by atomic mass is 9.64. The smallest absolute Gasteiger partial charge is 0.118 e. The van der Waals surface area contributed by atoms with Gasteiger partial charge in [0.2, 0.25) is 0 Å². The summed E-state index contributed by atoms with van der Waals surface area (Å²) in [7, 11) is 3.86. The van der Waals surface area contributed by atoms with Gasteiger partial charge in [0.25, 0.3) is 0 Å². The molecule has 3 heteroatoms. The third-order valence-corrected chi connectivity index (χ3v) is 5.23. The Balaban J connectivity index is 1.91. The van der Waals surface area contributed by atoms with E-state index in [4.69, 9.17) is 4.74 Å². The van der Waals surface area contributed by atoms with Gasteiger partial charge in [-0.1, -0.05) is 25.0 Å². The van der Waals surface area contributed by atoms with E-state index in [0.29, 0.717) is 5.92 Å². The van der Waals surface area contributed by atoms with Crippen molar-refractivity contribution in [1.82, 2.24) is 4.90 Å². The monoisotopic (exact) mass is 275 g/mol. The first kappa shape index (κ1) is 13.9. The van der Waals surface area contributed by atoms with Crippen LogP contribution >= 0.6 is 0 Å². The zero-order chi connectivity index (χ0) is 14.2. The maximum absolute atomic E-state index is 11.3. The second kappa shape index (κ2) is 5.38. The lowest BCUT2D eigenvalue weighted by molar-refractivity contribution is -0.108. The second-order valence-electron chi connectivity index (χ2n) is 6.48. The summed E-state index contributed by atoms with van der Waals surface area (Å²) < 4.78 is 5.24. The molecule has 0 spiro atoms. The number of hydrogen-bond donors (Lipinski definition) is 1. The normalized spacial score (nSPS) is 34.5. The Hall–Kier alpha value is -1.06. The highest BCUT2D eigenvalue weighted by molar-refractivity contribution is 5.32. The van der Waals surface area contributed by atoms with Crippen LogP contribution in [0.2, 0.25) is 0 Å². The zero-order valence-corrected chi connectivity index (χ0v) is 12.5. The molecule has 110 valence electrons. The molecule has 1 aliphatic heterocycles. The number of fused-ring (bicyclic) bond motifs is 1. The summed E-state index contributed by atoms with van der Waals surface area (Å²) in [5, 5.41) is 11.3. The minimum atomic E-state index is -0.515. The Morgan fingerprint density at radius 2 is 1.95 bits per heavy atom. The number of benzene rings is 1. The first-order valence-corrected chi connectivity index (χ1v) is 7.68. The summed E-state index contributed by atoms with van der Waals surface area (Å²) in [5.74, 6) is 1.52. The van der Waals surface area contributed by atoms with Crippen LogP contribution in [0.25, 0.3) is 0 Å². The van der Waals surface area contributed by atoms with Gasteiger partial charge in [0.15, 0.2) is 0 Å². The van der Waals surface area contributed by atoms with Crippen LogP contribution in [0.5, 0.6) is 5.75 Å². The number of ether oxygens (including phenoxy) is 1. The number of likely N-dealkylation sites (N-methyl/N-ethyl adjacent to an activating group) is 1. The average molecular weight is 275 g/mol. The molecule has 1 heterocycles. The second-order valence-corrected chi connectivity index (χ2v) is 6.48. The quantitative estimate of drug-likeness (QED) is 0.900. The van der Waals surface area contributed by atoms with Gasteiger partial charge in [0, 0.05) is 24.9 Å². The fourth-order valence-corrected chi connectivity index (χ4v) is 4.11. The largest absolute Gasteiger partial charge is 0.497 e. The number of nitrogens with zero attached hydrogens (tertiary/aromatic N) is 1. The molecule has 3 atom stereocenters. The Morgan fingerprint density at radius 3 is 2.65 bits per heavy atom. The molecule has 20 heavy (non-hydrogen) atoms. The van der Waals surface area contributed by atoms with Crippen LogP contribution < -0.4 is 4.74 Å². The maximum atomic E-state index is 11.3. The number of rotatable bonds is 2. The van der Waals surface area contributed by atoms with Gasteiger partial charge in [-0.15, -0.1) is 0 Å². The van der Waals surface area contributed by atoms with Gasteiger partial charge in [-0.3, -0.25) is 0 Å². The lowest BCUT2D eigenvalue weighted by Crippen LogP contribution is -2.57.